The zero-order chi connectivity index (χ0) is 22.6. The molecule has 0 spiro atoms. The van der Waals surface area contributed by atoms with Gasteiger partial charge in [0, 0.05) is 6.16 Å². The number of carbonyl (C=O) groups excluding carboxylic acids is 2. The lowest BCUT2D eigenvalue weighted by molar-refractivity contribution is 0.0577. The van der Waals surface area contributed by atoms with Gasteiger partial charge in [0.05, 0.1) is 36.5 Å². The molecule has 2 amide bonds. The van der Waals surface area contributed by atoms with Crippen LogP contribution in [0.25, 0.3) is 0 Å². The molecule has 1 heterocycles. The fraction of sp³-hybridized carbons (Fsp3) is 0.652. The van der Waals surface area contributed by atoms with E-state index in [4.69, 9.17) is 8.95 Å². The van der Waals surface area contributed by atoms with E-state index >= 15 is 0 Å². The Balaban J connectivity index is 1.79. The van der Waals surface area contributed by atoms with Crippen LogP contribution in [-0.2, 0) is 13.5 Å². The summed E-state index contributed by atoms with van der Waals surface area (Å²) in [4.78, 5) is 27.0. The average molecular weight is 466 g/mol. The van der Waals surface area contributed by atoms with E-state index in [9.17, 15) is 14.2 Å². The van der Waals surface area contributed by atoms with Gasteiger partial charge in [-0.3, -0.25) is 19.1 Å². The van der Waals surface area contributed by atoms with Crippen molar-refractivity contribution in [3.8, 4) is 0 Å². The first kappa shape index (κ1) is 24.4. The molecular formula is C23H36NO5PSi. The number of rotatable bonds is 10. The van der Waals surface area contributed by atoms with Crippen molar-refractivity contribution in [1.29, 1.82) is 0 Å². The molecule has 1 fully saturated rings. The van der Waals surface area contributed by atoms with Crippen molar-refractivity contribution >= 4 is 27.5 Å². The van der Waals surface area contributed by atoms with Gasteiger partial charge in [-0.25, -0.2) is 0 Å². The molecule has 1 aromatic rings. The topological polar surface area (TPSA) is 72.9 Å². The first-order valence-electron chi connectivity index (χ1n) is 11.5. The lowest BCUT2D eigenvalue weighted by Gasteiger charge is -2.33. The Kier molecular flexibility index (Phi) is 7.95. The van der Waals surface area contributed by atoms with Gasteiger partial charge in [0.2, 0.25) is 7.37 Å². The molecule has 1 aliphatic heterocycles. The zero-order valence-corrected chi connectivity index (χ0v) is 21.2. The van der Waals surface area contributed by atoms with E-state index < -0.39 is 21.8 Å². The summed E-state index contributed by atoms with van der Waals surface area (Å²) in [7, 11) is -4.97. The van der Waals surface area contributed by atoms with Gasteiger partial charge in [-0.15, -0.1) is 0 Å². The summed E-state index contributed by atoms with van der Waals surface area (Å²) in [6.07, 6.45) is 6.11. The van der Waals surface area contributed by atoms with Crippen molar-refractivity contribution in [3.63, 3.8) is 0 Å². The molecule has 8 heteroatoms. The molecular weight excluding hydrogens is 429 g/mol. The Bertz CT molecular complexity index is 812. The molecule has 2 aliphatic rings. The van der Waals surface area contributed by atoms with Crippen molar-refractivity contribution in [1.82, 2.24) is 4.90 Å². The number of amides is 2. The van der Waals surface area contributed by atoms with Gasteiger partial charge in [-0.1, -0.05) is 31.4 Å². The molecule has 1 aliphatic carbocycles. The second-order valence-corrected chi connectivity index (χ2v) is 16.8. The zero-order valence-electron chi connectivity index (χ0n) is 19.3. The predicted molar refractivity (Wildman–Crippen MR) is 126 cm³/mol. The molecule has 0 saturated heterocycles. The highest BCUT2D eigenvalue weighted by Crippen LogP contribution is 2.51. The third-order valence-corrected chi connectivity index (χ3v) is 9.70. The molecule has 2 unspecified atom stereocenters. The number of hydrogen-bond acceptors (Lipinski definition) is 5. The molecule has 31 heavy (non-hydrogen) atoms. The summed E-state index contributed by atoms with van der Waals surface area (Å²) in [5, 5.41) is 0. The van der Waals surface area contributed by atoms with Crippen LogP contribution < -0.4 is 0 Å². The van der Waals surface area contributed by atoms with Crippen molar-refractivity contribution in [2.45, 2.75) is 64.8 Å². The highest BCUT2D eigenvalue weighted by atomic mass is 31.2. The van der Waals surface area contributed by atoms with Gasteiger partial charge in [0.1, 0.15) is 0 Å². The van der Waals surface area contributed by atoms with E-state index in [2.05, 4.69) is 19.6 Å². The second kappa shape index (κ2) is 10.1. The summed E-state index contributed by atoms with van der Waals surface area (Å²) in [5.74, 6) is -0.190. The van der Waals surface area contributed by atoms with E-state index in [1.807, 2.05) is 6.92 Å². The molecule has 1 saturated carbocycles. The van der Waals surface area contributed by atoms with Gasteiger partial charge in [-0.05, 0) is 57.5 Å². The summed E-state index contributed by atoms with van der Waals surface area (Å²) in [6.45, 7) is 8.56. The van der Waals surface area contributed by atoms with Crippen LogP contribution in [0, 0.1) is 5.92 Å². The van der Waals surface area contributed by atoms with Crippen LogP contribution in [0.4, 0.5) is 0 Å². The molecule has 6 nitrogen and oxygen atoms in total. The van der Waals surface area contributed by atoms with Crippen LogP contribution in [0.3, 0.4) is 0 Å². The Morgan fingerprint density at radius 2 is 1.65 bits per heavy atom. The quantitative estimate of drug-likeness (QED) is 0.263. The van der Waals surface area contributed by atoms with E-state index in [0.29, 0.717) is 29.8 Å². The van der Waals surface area contributed by atoms with Crippen LogP contribution >= 0.6 is 7.37 Å². The highest BCUT2D eigenvalue weighted by Gasteiger charge is 2.40. The fourth-order valence-electron chi connectivity index (χ4n) is 4.73. The molecule has 2 atom stereocenters. The standard InChI is InChI=1S/C23H36NO5PSi/c1-5-28-30(27,16-18-11-7-6-8-12-18)17-19(29-31(2,3)4)15-24-22(25)20-13-9-10-14-21(20)23(24)26/h9-10,13-14,18-19H,5-8,11-12,15-17H2,1-4H3. The third-order valence-electron chi connectivity index (χ3n) is 5.89. The summed E-state index contributed by atoms with van der Waals surface area (Å²) in [6, 6.07) is 6.88. The smallest absolute Gasteiger partial charge is 0.261 e. The Morgan fingerprint density at radius 1 is 1.06 bits per heavy atom. The Hall–Kier alpha value is -1.27. The molecule has 1 aromatic carbocycles. The SMILES string of the molecule is CCOP(=O)(CC1CCCCC1)CC(CN1C(=O)c2ccccc2C1=O)O[Si](C)(C)C. The monoisotopic (exact) mass is 465 g/mol. The lowest BCUT2D eigenvalue weighted by atomic mass is 9.91. The molecule has 0 N–H and O–H groups in total. The van der Waals surface area contributed by atoms with Crippen LogP contribution in [-0.4, -0.2) is 56.6 Å². The number of imide groups is 1. The minimum Gasteiger partial charge on any atom is -0.412 e. The number of nitrogens with zero attached hydrogens (tertiary/aromatic N) is 1. The number of carbonyl (C=O) groups is 2. The first-order valence-corrected chi connectivity index (χ1v) is 16.9. The van der Waals surface area contributed by atoms with Crippen LogP contribution in [0.2, 0.25) is 19.6 Å². The number of benzene rings is 1. The first-order chi connectivity index (χ1) is 14.6. The van der Waals surface area contributed by atoms with E-state index in [0.717, 1.165) is 12.8 Å². The van der Waals surface area contributed by atoms with Gasteiger partial charge < -0.3 is 8.95 Å². The largest absolute Gasteiger partial charge is 0.412 e. The summed E-state index contributed by atoms with van der Waals surface area (Å²) in [5.41, 5.74) is 0.851. The Labute approximate surface area is 187 Å². The van der Waals surface area contributed by atoms with Crippen molar-refractivity contribution < 1.29 is 23.1 Å². The minimum absolute atomic E-state index is 0.109. The van der Waals surface area contributed by atoms with Gasteiger partial charge in [0.25, 0.3) is 11.8 Å². The maximum atomic E-state index is 13.9. The van der Waals surface area contributed by atoms with Crippen molar-refractivity contribution in [2.24, 2.45) is 5.92 Å². The fourth-order valence-corrected chi connectivity index (χ4v) is 8.82. The molecule has 0 bridgehead atoms. The third kappa shape index (κ3) is 6.38. The van der Waals surface area contributed by atoms with Gasteiger partial charge in [0.15, 0.2) is 8.32 Å². The molecule has 172 valence electrons. The molecule has 0 aromatic heterocycles. The molecule has 3 rings (SSSR count). The van der Waals surface area contributed by atoms with Crippen LogP contribution in [0.5, 0.6) is 0 Å². The second-order valence-electron chi connectivity index (χ2n) is 9.72. The van der Waals surface area contributed by atoms with Gasteiger partial charge in [-0.2, -0.15) is 0 Å². The predicted octanol–water partition coefficient (Wildman–Crippen LogP) is 5.40. The summed E-state index contributed by atoms with van der Waals surface area (Å²) < 4.78 is 26.1. The number of fused-ring (bicyclic) bond motifs is 1. The number of hydrogen-bond donors (Lipinski definition) is 0. The molecule has 0 radical (unpaired) electrons. The normalized spacial score (nSPS) is 20.6. The average Bonchev–Trinajstić information content (AvgIpc) is 2.92. The Morgan fingerprint density at radius 3 is 2.16 bits per heavy atom. The van der Waals surface area contributed by atoms with E-state index in [1.54, 1.807) is 24.3 Å². The van der Waals surface area contributed by atoms with Crippen molar-refractivity contribution in [2.75, 3.05) is 25.5 Å². The maximum Gasteiger partial charge on any atom is 0.261 e. The summed E-state index contributed by atoms with van der Waals surface area (Å²) >= 11 is 0. The van der Waals surface area contributed by atoms with Crippen LogP contribution in [0.1, 0.15) is 59.7 Å². The van der Waals surface area contributed by atoms with Gasteiger partial charge >= 0.3 is 0 Å². The van der Waals surface area contributed by atoms with E-state index in [1.165, 1.54) is 24.2 Å². The highest BCUT2D eigenvalue weighted by molar-refractivity contribution is 7.59. The van der Waals surface area contributed by atoms with E-state index in [-0.39, 0.29) is 24.5 Å². The minimum atomic E-state index is -2.95. The lowest BCUT2D eigenvalue weighted by Crippen LogP contribution is -2.44. The van der Waals surface area contributed by atoms with Crippen LogP contribution in [0.15, 0.2) is 24.3 Å². The van der Waals surface area contributed by atoms with Crippen molar-refractivity contribution in [3.05, 3.63) is 35.4 Å². The maximum absolute atomic E-state index is 13.9.